The molecule has 4 amide bonds. The van der Waals surface area contributed by atoms with Gasteiger partial charge in [0.25, 0.3) is 5.91 Å². The average molecular weight is 492 g/mol. The lowest BCUT2D eigenvalue weighted by Gasteiger charge is -2.27. The number of carbonyl (C=O) groups is 4. The van der Waals surface area contributed by atoms with Gasteiger partial charge in [-0.2, -0.15) is 0 Å². The minimum absolute atomic E-state index is 0.0727. The fraction of sp³-hybridized carbons (Fsp3) is 0.478. The Morgan fingerprint density at radius 1 is 1.15 bits per heavy atom. The van der Waals surface area contributed by atoms with E-state index in [1.54, 1.807) is 6.07 Å². The highest BCUT2D eigenvalue weighted by atomic mass is 35.5. The quantitative estimate of drug-likeness (QED) is 0.363. The second-order valence-electron chi connectivity index (χ2n) is 9.04. The fourth-order valence-electron chi connectivity index (χ4n) is 4.28. The van der Waals surface area contributed by atoms with Crippen molar-refractivity contribution in [2.24, 2.45) is 17.6 Å². The zero-order valence-corrected chi connectivity index (χ0v) is 19.2. The van der Waals surface area contributed by atoms with Crippen LogP contribution < -0.4 is 21.7 Å². The first-order chi connectivity index (χ1) is 16.2. The van der Waals surface area contributed by atoms with Gasteiger partial charge in [-0.25, -0.2) is 4.39 Å². The van der Waals surface area contributed by atoms with Crippen LogP contribution in [0, 0.1) is 17.7 Å². The van der Waals surface area contributed by atoms with E-state index in [4.69, 9.17) is 17.3 Å². The molecule has 9 nitrogen and oxygen atoms in total. The van der Waals surface area contributed by atoms with Crippen molar-refractivity contribution in [3.05, 3.63) is 34.7 Å². The van der Waals surface area contributed by atoms with Crippen LogP contribution >= 0.6 is 11.6 Å². The van der Waals surface area contributed by atoms with Crippen LogP contribution in [0.25, 0.3) is 10.9 Å². The second-order valence-corrected chi connectivity index (χ2v) is 9.45. The zero-order valence-electron chi connectivity index (χ0n) is 18.5. The highest BCUT2D eigenvalue weighted by molar-refractivity contribution is 6.31. The molecule has 1 aliphatic carbocycles. The van der Waals surface area contributed by atoms with Gasteiger partial charge in [-0.1, -0.05) is 30.5 Å². The third-order valence-electron chi connectivity index (χ3n) is 6.40. The van der Waals surface area contributed by atoms with E-state index in [9.17, 15) is 23.6 Å². The van der Waals surface area contributed by atoms with Crippen molar-refractivity contribution in [1.29, 1.82) is 0 Å². The molecule has 0 bridgehead atoms. The summed E-state index contributed by atoms with van der Waals surface area (Å²) in [5, 5.41) is 8.45. The lowest BCUT2D eigenvalue weighted by Crippen LogP contribution is -2.54. The van der Waals surface area contributed by atoms with Crippen LogP contribution in [-0.2, 0) is 14.4 Å². The van der Waals surface area contributed by atoms with Gasteiger partial charge in [-0.3, -0.25) is 19.2 Å². The van der Waals surface area contributed by atoms with E-state index in [0.717, 1.165) is 19.3 Å². The zero-order chi connectivity index (χ0) is 24.4. The number of hydrogen-bond donors (Lipinski definition) is 5. The number of H-pyrrole nitrogens is 1. The van der Waals surface area contributed by atoms with Crippen molar-refractivity contribution in [2.75, 3.05) is 6.54 Å². The number of rotatable bonds is 9. The van der Waals surface area contributed by atoms with Crippen molar-refractivity contribution in [2.45, 2.75) is 50.6 Å². The Balaban J connectivity index is 1.46. The highest BCUT2D eigenvalue weighted by Crippen LogP contribution is 2.34. The Hall–Kier alpha value is -3.14. The Labute approximate surface area is 200 Å². The Bertz CT molecular complexity index is 1130. The third kappa shape index (κ3) is 5.49. The number of aromatic nitrogens is 1. The van der Waals surface area contributed by atoms with E-state index in [-0.39, 0.29) is 34.5 Å². The molecule has 2 aliphatic rings. The number of carbonyl (C=O) groups excluding carboxylic acids is 4. The predicted octanol–water partition coefficient (Wildman–Crippen LogP) is 1.75. The van der Waals surface area contributed by atoms with E-state index < -0.39 is 41.5 Å². The van der Waals surface area contributed by atoms with Crippen molar-refractivity contribution in [3.8, 4) is 0 Å². The van der Waals surface area contributed by atoms with Crippen LogP contribution in [0.2, 0.25) is 5.02 Å². The van der Waals surface area contributed by atoms with Crippen molar-refractivity contribution in [1.82, 2.24) is 20.9 Å². The lowest BCUT2D eigenvalue weighted by molar-refractivity contribution is -0.131. The smallest absolute Gasteiger partial charge is 0.268 e. The number of halogens is 2. The van der Waals surface area contributed by atoms with E-state index in [0.29, 0.717) is 24.8 Å². The number of nitrogens with two attached hydrogens (primary N) is 1. The maximum Gasteiger partial charge on any atom is 0.268 e. The van der Waals surface area contributed by atoms with Gasteiger partial charge in [0.05, 0.1) is 10.5 Å². The molecule has 3 atom stereocenters. The number of benzene rings is 1. The molecule has 0 spiro atoms. The average Bonchev–Trinajstić information content (AvgIpc) is 3.51. The number of fused-ring (bicyclic) bond motifs is 1. The number of nitrogens with one attached hydrogen (secondary N) is 4. The van der Waals surface area contributed by atoms with Gasteiger partial charge < -0.3 is 26.7 Å². The summed E-state index contributed by atoms with van der Waals surface area (Å²) in [6, 6.07) is 2.51. The Morgan fingerprint density at radius 3 is 2.59 bits per heavy atom. The monoisotopic (exact) mass is 491 g/mol. The van der Waals surface area contributed by atoms with Gasteiger partial charge in [0.15, 0.2) is 5.82 Å². The molecule has 6 N–H and O–H groups in total. The molecule has 1 aliphatic heterocycles. The topological polar surface area (TPSA) is 146 Å². The second kappa shape index (κ2) is 10.0. The molecule has 34 heavy (non-hydrogen) atoms. The molecule has 0 radical (unpaired) electrons. The maximum atomic E-state index is 14.3. The Kier molecular flexibility index (Phi) is 7.06. The third-order valence-corrected chi connectivity index (χ3v) is 6.69. The lowest BCUT2D eigenvalue weighted by atomic mass is 9.91. The summed E-state index contributed by atoms with van der Waals surface area (Å²) in [5.74, 6) is -2.85. The first-order valence-electron chi connectivity index (χ1n) is 11.4. The summed E-state index contributed by atoms with van der Waals surface area (Å²) < 4.78 is 14.3. The van der Waals surface area contributed by atoms with E-state index in [1.807, 2.05) is 0 Å². The summed E-state index contributed by atoms with van der Waals surface area (Å²) in [4.78, 5) is 52.7. The molecule has 4 rings (SSSR count). The molecular formula is C23H27ClFN5O4. The van der Waals surface area contributed by atoms with Crippen molar-refractivity contribution >= 4 is 46.1 Å². The molecule has 2 heterocycles. The molecular weight excluding hydrogens is 465 g/mol. The maximum absolute atomic E-state index is 14.3. The molecule has 2 fully saturated rings. The standard InChI is InChI=1S/C23H27ClFN5O4/c24-14-6-5-12-9-17(28-19(12)18(14)25)23(34)30-16(8-11-3-4-11)22(33)29-15(20(26)31)10-13-2-1-7-27-21(13)32/h5-6,9,11,13,15-16,28H,1-4,7-8,10H2,(H2,26,31)(H,27,32)(H,29,33)(H,30,34)/t13-,15?,16?/m0/s1. The molecule has 1 saturated carbocycles. The van der Waals surface area contributed by atoms with Crippen LogP contribution in [0.1, 0.15) is 49.0 Å². The fourth-order valence-corrected chi connectivity index (χ4v) is 4.44. The molecule has 182 valence electrons. The summed E-state index contributed by atoms with van der Waals surface area (Å²) in [6.07, 6.45) is 3.77. The van der Waals surface area contributed by atoms with E-state index in [1.165, 1.54) is 12.1 Å². The summed E-state index contributed by atoms with van der Waals surface area (Å²) in [5.41, 5.74) is 5.68. The Morgan fingerprint density at radius 2 is 1.91 bits per heavy atom. The molecule has 2 unspecified atom stereocenters. The minimum atomic E-state index is -1.04. The van der Waals surface area contributed by atoms with Crippen LogP contribution in [0.5, 0.6) is 0 Å². The van der Waals surface area contributed by atoms with Crippen LogP contribution in [0.4, 0.5) is 4.39 Å². The van der Waals surface area contributed by atoms with Crippen LogP contribution in [0.3, 0.4) is 0 Å². The minimum Gasteiger partial charge on any atom is -0.368 e. The highest BCUT2D eigenvalue weighted by Gasteiger charge is 2.34. The number of hydrogen-bond acceptors (Lipinski definition) is 4. The molecule has 1 aromatic heterocycles. The molecule has 2 aromatic rings. The van der Waals surface area contributed by atoms with Crippen molar-refractivity contribution in [3.63, 3.8) is 0 Å². The predicted molar refractivity (Wildman–Crippen MR) is 123 cm³/mol. The van der Waals surface area contributed by atoms with Gasteiger partial charge in [0.2, 0.25) is 17.7 Å². The summed E-state index contributed by atoms with van der Waals surface area (Å²) >= 11 is 5.81. The molecule has 1 saturated heterocycles. The van der Waals surface area contributed by atoms with Gasteiger partial charge >= 0.3 is 0 Å². The van der Waals surface area contributed by atoms with Crippen LogP contribution in [0.15, 0.2) is 18.2 Å². The summed E-state index contributed by atoms with van der Waals surface area (Å²) in [7, 11) is 0. The van der Waals surface area contributed by atoms with E-state index >= 15 is 0 Å². The number of primary amides is 1. The number of piperidine rings is 1. The largest absolute Gasteiger partial charge is 0.368 e. The van der Waals surface area contributed by atoms with Gasteiger partial charge in [0, 0.05) is 17.8 Å². The van der Waals surface area contributed by atoms with Gasteiger partial charge in [0.1, 0.15) is 17.8 Å². The summed E-state index contributed by atoms with van der Waals surface area (Å²) in [6.45, 7) is 0.586. The first-order valence-corrected chi connectivity index (χ1v) is 11.8. The number of amides is 4. The number of aromatic amines is 1. The SMILES string of the molecule is NC(=O)C(C[C@@H]1CCCNC1=O)NC(=O)C(CC1CC1)NC(=O)c1cc2ccc(Cl)c(F)c2[nH]1. The van der Waals surface area contributed by atoms with E-state index in [2.05, 4.69) is 20.9 Å². The molecule has 1 aromatic carbocycles. The molecule has 11 heteroatoms. The van der Waals surface area contributed by atoms with Crippen molar-refractivity contribution < 1.29 is 23.6 Å². The van der Waals surface area contributed by atoms with Gasteiger partial charge in [-0.15, -0.1) is 0 Å². The normalized spacial score (nSPS) is 19.8. The van der Waals surface area contributed by atoms with Crippen LogP contribution in [-0.4, -0.2) is 47.2 Å². The van der Waals surface area contributed by atoms with Gasteiger partial charge in [-0.05, 0) is 43.7 Å². The first kappa shape index (κ1) is 24.0.